The van der Waals surface area contributed by atoms with E-state index in [1.807, 2.05) is 0 Å². The maximum absolute atomic E-state index is 13.9. The zero-order valence-electron chi connectivity index (χ0n) is 11.4. The Labute approximate surface area is 137 Å². The highest BCUT2D eigenvalue weighted by atomic mass is 79.9. The molecule has 1 aromatic heterocycles. The van der Waals surface area contributed by atoms with E-state index >= 15 is 0 Å². The van der Waals surface area contributed by atoms with Crippen molar-refractivity contribution in [3.05, 3.63) is 70.1 Å². The van der Waals surface area contributed by atoms with Crippen molar-refractivity contribution in [1.82, 2.24) is 9.78 Å². The zero-order chi connectivity index (χ0) is 16.6. The molecule has 0 saturated heterocycles. The number of hydrogen-bond acceptors (Lipinski definition) is 2. The second kappa shape index (κ2) is 6.00. The van der Waals surface area contributed by atoms with Gasteiger partial charge in [0.1, 0.15) is 21.8 Å². The zero-order valence-corrected chi connectivity index (χ0v) is 13.0. The number of aromatic nitrogens is 2. The molecular formula is C16H8BrF3N2O. The first-order valence-corrected chi connectivity index (χ1v) is 7.26. The van der Waals surface area contributed by atoms with E-state index in [1.165, 1.54) is 28.9 Å². The highest BCUT2D eigenvalue weighted by molar-refractivity contribution is 9.10. The van der Waals surface area contributed by atoms with Crippen LogP contribution in [0.25, 0.3) is 16.9 Å². The fourth-order valence-electron chi connectivity index (χ4n) is 2.15. The second-order valence-electron chi connectivity index (χ2n) is 4.66. The van der Waals surface area contributed by atoms with Crippen molar-refractivity contribution in [2.45, 2.75) is 0 Å². The summed E-state index contributed by atoms with van der Waals surface area (Å²) in [7, 11) is 0. The van der Waals surface area contributed by atoms with E-state index in [-0.39, 0.29) is 27.1 Å². The van der Waals surface area contributed by atoms with Crippen LogP contribution in [0.5, 0.6) is 0 Å². The van der Waals surface area contributed by atoms with Crippen LogP contribution in [0.15, 0.2) is 47.1 Å². The van der Waals surface area contributed by atoms with Crippen LogP contribution in [0.4, 0.5) is 13.2 Å². The van der Waals surface area contributed by atoms with Gasteiger partial charge in [-0.3, -0.25) is 4.79 Å². The average Bonchev–Trinajstić information content (AvgIpc) is 2.87. The summed E-state index contributed by atoms with van der Waals surface area (Å²) in [6.45, 7) is 0. The van der Waals surface area contributed by atoms with Crippen molar-refractivity contribution < 1.29 is 18.0 Å². The number of carbonyl (C=O) groups is 1. The summed E-state index contributed by atoms with van der Waals surface area (Å²) in [5.41, 5.74) is 0.561. The minimum Gasteiger partial charge on any atom is -0.298 e. The van der Waals surface area contributed by atoms with E-state index in [4.69, 9.17) is 0 Å². The van der Waals surface area contributed by atoms with Gasteiger partial charge < -0.3 is 0 Å². The molecule has 2 aromatic carbocycles. The van der Waals surface area contributed by atoms with Crippen LogP contribution in [0, 0.1) is 17.5 Å². The molecule has 0 spiro atoms. The lowest BCUT2D eigenvalue weighted by molar-refractivity contribution is 0.112. The van der Waals surface area contributed by atoms with Crippen molar-refractivity contribution in [3.8, 4) is 16.9 Å². The Bertz CT molecular complexity index is 908. The Morgan fingerprint density at radius 3 is 2.39 bits per heavy atom. The van der Waals surface area contributed by atoms with Crippen LogP contribution in [-0.4, -0.2) is 16.1 Å². The van der Waals surface area contributed by atoms with Gasteiger partial charge in [-0.25, -0.2) is 17.9 Å². The normalized spacial score (nSPS) is 10.8. The number of aldehydes is 1. The van der Waals surface area contributed by atoms with Crippen molar-refractivity contribution in [1.29, 1.82) is 0 Å². The molecule has 23 heavy (non-hydrogen) atoms. The van der Waals surface area contributed by atoms with Gasteiger partial charge in [0.25, 0.3) is 0 Å². The van der Waals surface area contributed by atoms with Crippen LogP contribution in [0.2, 0.25) is 0 Å². The predicted octanol–water partition coefficient (Wildman–Crippen LogP) is 4.53. The number of nitrogens with zero attached hydrogens (tertiary/aromatic N) is 2. The van der Waals surface area contributed by atoms with E-state index in [2.05, 4.69) is 21.0 Å². The van der Waals surface area contributed by atoms with Crippen LogP contribution >= 0.6 is 15.9 Å². The molecule has 0 radical (unpaired) electrons. The minimum atomic E-state index is -1.06. The summed E-state index contributed by atoms with van der Waals surface area (Å²) in [4.78, 5) is 11.4. The SMILES string of the molecule is O=Cc1c(-c2ccc(F)c(F)c2)nn(-c2ccccc2F)c1Br. The van der Waals surface area contributed by atoms with E-state index in [0.717, 1.165) is 12.1 Å². The smallest absolute Gasteiger partial charge is 0.159 e. The van der Waals surface area contributed by atoms with Gasteiger partial charge in [-0.15, -0.1) is 0 Å². The number of carbonyl (C=O) groups excluding carboxylic acids is 1. The van der Waals surface area contributed by atoms with E-state index in [9.17, 15) is 18.0 Å². The monoisotopic (exact) mass is 380 g/mol. The van der Waals surface area contributed by atoms with E-state index in [1.54, 1.807) is 6.07 Å². The Kier molecular flexibility index (Phi) is 4.04. The average molecular weight is 381 g/mol. The molecule has 0 unspecified atom stereocenters. The summed E-state index contributed by atoms with van der Waals surface area (Å²) < 4.78 is 41.8. The molecular weight excluding hydrogens is 373 g/mol. The van der Waals surface area contributed by atoms with Gasteiger partial charge >= 0.3 is 0 Å². The standard InChI is InChI=1S/C16H8BrF3N2O/c17-16-10(8-23)15(9-5-6-11(18)13(20)7-9)21-22(16)14-4-2-1-3-12(14)19/h1-8H. The summed E-state index contributed by atoms with van der Waals surface area (Å²) in [5, 5.41) is 4.16. The molecule has 0 aliphatic heterocycles. The first-order valence-electron chi connectivity index (χ1n) is 6.47. The molecule has 0 fully saturated rings. The summed E-state index contributed by atoms with van der Waals surface area (Å²) in [6, 6.07) is 9.04. The maximum Gasteiger partial charge on any atom is 0.159 e. The predicted molar refractivity (Wildman–Crippen MR) is 82.0 cm³/mol. The number of benzene rings is 2. The summed E-state index contributed by atoms with van der Waals surface area (Å²) in [6.07, 6.45) is 0.519. The van der Waals surface area contributed by atoms with Crippen LogP contribution in [0.3, 0.4) is 0 Å². The Balaban J connectivity index is 2.23. The molecule has 3 rings (SSSR count). The molecule has 3 nitrogen and oxygen atoms in total. The van der Waals surface area contributed by atoms with Gasteiger partial charge in [0, 0.05) is 5.56 Å². The fourth-order valence-corrected chi connectivity index (χ4v) is 2.71. The van der Waals surface area contributed by atoms with Crippen LogP contribution < -0.4 is 0 Å². The molecule has 1 heterocycles. The van der Waals surface area contributed by atoms with Crippen molar-refractivity contribution in [2.75, 3.05) is 0 Å². The molecule has 0 saturated carbocycles. The highest BCUT2D eigenvalue weighted by Gasteiger charge is 2.20. The molecule has 0 amide bonds. The highest BCUT2D eigenvalue weighted by Crippen LogP contribution is 2.31. The Hall–Kier alpha value is -2.41. The minimum absolute atomic E-state index is 0.110. The third kappa shape index (κ3) is 2.68. The quantitative estimate of drug-likeness (QED) is 0.625. The van der Waals surface area contributed by atoms with Gasteiger partial charge in [0.15, 0.2) is 17.9 Å². The molecule has 0 bridgehead atoms. The third-order valence-electron chi connectivity index (χ3n) is 3.25. The van der Waals surface area contributed by atoms with Crippen LogP contribution in [0.1, 0.15) is 10.4 Å². The lowest BCUT2D eigenvalue weighted by Crippen LogP contribution is -2.00. The number of hydrogen-bond donors (Lipinski definition) is 0. The molecule has 116 valence electrons. The molecule has 3 aromatic rings. The lowest BCUT2D eigenvalue weighted by Gasteiger charge is -2.04. The Morgan fingerprint density at radius 1 is 1.00 bits per heavy atom. The molecule has 0 aliphatic rings. The molecule has 0 N–H and O–H groups in total. The molecule has 0 atom stereocenters. The largest absolute Gasteiger partial charge is 0.298 e. The number of rotatable bonds is 3. The lowest BCUT2D eigenvalue weighted by atomic mass is 10.1. The fraction of sp³-hybridized carbons (Fsp3) is 0. The first-order chi connectivity index (χ1) is 11.0. The molecule has 7 heteroatoms. The number of halogens is 4. The Morgan fingerprint density at radius 2 is 1.74 bits per heavy atom. The summed E-state index contributed by atoms with van der Waals surface area (Å²) in [5.74, 6) is -2.60. The second-order valence-corrected chi connectivity index (χ2v) is 5.41. The van der Waals surface area contributed by atoms with Crippen molar-refractivity contribution in [3.63, 3.8) is 0 Å². The van der Waals surface area contributed by atoms with Gasteiger partial charge in [0.2, 0.25) is 0 Å². The van der Waals surface area contributed by atoms with Gasteiger partial charge in [-0.05, 0) is 46.3 Å². The van der Waals surface area contributed by atoms with Crippen molar-refractivity contribution >= 4 is 22.2 Å². The van der Waals surface area contributed by atoms with Gasteiger partial charge in [-0.1, -0.05) is 12.1 Å². The van der Waals surface area contributed by atoms with Gasteiger partial charge in [0.05, 0.1) is 5.56 Å². The van der Waals surface area contributed by atoms with E-state index in [0.29, 0.717) is 6.29 Å². The number of para-hydroxylation sites is 1. The molecule has 0 aliphatic carbocycles. The van der Waals surface area contributed by atoms with Crippen molar-refractivity contribution in [2.24, 2.45) is 0 Å². The van der Waals surface area contributed by atoms with E-state index < -0.39 is 17.5 Å². The maximum atomic E-state index is 13.9. The first kappa shape index (κ1) is 15.5. The van der Waals surface area contributed by atoms with Gasteiger partial charge in [-0.2, -0.15) is 5.10 Å². The summed E-state index contributed by atoms with van der Waals surface area (Å²) >= 11 is 3.20. The third-order valence-corrected chi connectivity index (χ3v) is 4.02. The topological polar surface area (TPSA) is 34.9 Å². The van der Waals surface area contributed by atoms with Crippen LogP contribution in [-0.2, 0) is 0 Å².